The number of nitrogens with one attached hydrogen (secondary N) is 1. The van der Waals surface area contributed by atoms with Gasteiger partial charge in [-0.25, -0.2) is 0 Å². The Kier molecular flexibility index (Phi) is 2.53. The van der Waals surface area contributed by atoms with Crippen LogP contribution in [0.4, 0.5) is 0 Å². The predicted octanol–water partition coefficient (Wildman–Crippen LogP) is 2.92. The predicted molar refractivity (Wildman–Crippen MR) is 56.4 cm³/mol. The van der Waals surface area contributed by atoms with Crippen LogP contribution in [0.2, 0.25) is 0 Å². The lowest BCUT2D eigenvalue weighted by Gasteiger charge is -2.21. The van der Waals surface area contributed by atoms with Crippen molar-refractivity contribution < 1.29 is 0 Å². The summed E-state index contributed by atoms with van der Waals surface area (Å²) in [7, 11) is 0. The zero-order valence-electron chi connectivity index (χ0n) is 8.27. The van der Waals surface area contributed by atoms with Gasteiger partial charge in [0.1, 0.15) is 0 Å². The third-order valence-corrected chi connectivity index (χ3v) is 2.73. The van der Waals surface area contributed by atoms with Crippen LogP contribution < -0.4 is 5.32 Å². The van der Waals surface area contributed by atoms with Crippen molar-refractivity contribution in [2.45, 2.75) is 32.6 Å². The zero-order valence-corrected chi connectivity index (χ0v) is 8.27. The molecule has 0 aromatic carbocycles. The van der Waals surface area contributed by atoms with Gasteiger partial charge >= 0.3 is 0 Å². The van der Waals surface area contributed by atoms with Crippen LogP contribution >= 0.6 is 0 Å². The molecule has 0 unspecified atom stereocenters. The highest BCUT2D eigenvalue weighted by atomic mass is 14.9. The average Bonchev–Trinajstić information content (AvgIpc) is 2.18. The second kappa shape index (κ2) is 3.82. The van der Waals surface area contributed by atoms with Gasteiger partial charge in [0.05, 0.1) is 0 Å². The van der Waals surface area contributed by atoms with Crippen LogP contribution in [0.15, 0.2) is 35.1 Å². The lowest BCUT2D eigenvalue weighted by molar-refractivity contribution is 0.745. The minimum atomic E-state index is 1.05. The maximum absolute atomic E-state index is 3.42. The maximum Gasteiger partial charge on any atom is 0.0115 e. The fraction of sp³-hybridized carbons (Fsp3) is 0.500. The Hall–Kier alpha value is -0.980. The van der Waals surface area contributed by atoms with Gasteiger partial charge in [-0.1, -0.05) is 12.2 Å². The van der Waals surface area contributed by atoms with Crippen molar-refractivity contribution in [2.24, 2.45) is 0 Å². The number of hydrogen-bond donors (Lipinski definition) is 1. The van der Waals surface area contributed by atoms with Crippen molar-refractivity contribution in [2.75, 3.05) is 6.54 Å². The van der Waals surface area contributed by atoms with E-state index in [1.807, 2.05) is 0 Å². The van der Waals surface area contributed by atoms with Gasteiger partial charge in [-0.05, 0) is 49.8 Å². The van der Waals surface area contributed by atoms with E-state index in [-0.39, 0.29) is 0 Å². The Morgan fingerprint density at radius 3 is 3.00 bits per heavy atom. The molecule has 0 radical (unpaired) electrons. The molecular formula is C12H17N. The summed E-state index contributed by atoms with van der Waals surface area (Å²) in [5.41, 5.74) is 4.55. The summed E-state index contributed by atoms with van der Waals surface area (Å²) in [5, 5.41) is 3.42. The molecule has 0 heterocycles. The molecule has 0 saturated heterocycles. The van der Waals surface area contributed by atoms with Crippen LogP contribution in [0.1, 0.15) is 32.6 Å². The van der Waals surface area contributed by atoms with Gasteiger partial charge < -0.3 is 5.32 Å². The molecule has 0 spiro atoms. The van der Waals surface area contributed by atoms with Crippen molar-refractivity contribution in [3.05, 3.63) is 35.1 Å². The largest absolute Gasteiger partial charge is 0.389 e. The fourth-order valence-corrected chi connectivity index (χ4v) is 2.06. The van der Waals surface area contributed by atoms with E-state index in [0.717, 1.165) is 6.54 Å². The Balaban J connectivity index is 2.16. The summed E-state index contributed by atoms with van der Waals surface area (Å²) >= 11 is 0. The van der Waals surface area contributed by atoms with E-state index >= 15 is 0 Å². The molecule has 0 aliphatic heterocycles. The van der Waals surface area contributed by atoms with E-state index in [4.69, 9.17) is 0 Å². The molecule has 2 aliphatic carbocycles. The number of rotatable bonds is 2. The third-order valence-electron chi connectivity index (χ3n) is 2.73. The van der Waals surface area contributed by atoms with Gasteiger partial charge in [-0.15, -0.1) is 0 Å². The summed E-state index contributed by atoms with van der Waals surface area (Å²) in [5.74, 6) is 0. The second-order valence-corrected chi connectivity index (χ2v) is 3.69. The van der Waals surface area contributed by atoms with Crippen molar-refractivity contribution in [1.29, 1.82) is 0 Å². The van der Waals surface area contributed by atoms with Gasteiger partial charge in [-0.2, -0.15) is 0 Å². The van der Waals surface area contributed by atoms with Crippen LogP contribution in [0.3, 0.4) is 0 Å². The van der Waals surface area contributed by atoms with Gasteiger partial charge in [0.2, 0.25) is 0 Å². The Morgan fingerprint density at radius 1 is 1.23 bits per heavy atom. The van der Waals surface area contributed by atoms with E-state index in [9.17, 15) is 0 Å². The van der Waals surface area contributed by atoms with Crippen LogP contribution in [-0.2, 0) is 0 Å². The van der Waals surface area contributed by atoms with Gasteiger partial charge in [0.15, 0.2) is 0 Å². The van der Waals surface area contributed by atoms with Gasteiger partial charge in [0, 0.05) is 12.2 Å². The minimum absolute atomic E-state index is 1.05. The van der Waals surface area contributed by atoms with Crippen LogP contribution in [0.25, 0.3) is 0 Å². The Labute approximate surface area is 80.2 Å². The minimum Gasteiger partial charge on any atom is -0.389 e. The quantitative estimate of drug-likeness (QED) is 0.680. The van der Waals surface area contributed by atoms with Crippen molar-refractivity contribution >= 4 is 0 Å². The number of hydrogen-bond acceptors (Lipinski definition) is 1. The fourth-order valence-electron chi connectivity index (χ4n) is 2.06. The third kappa shape index (κ3) is 1.85. The normalized spacial score (nSPS) is 21.2. The molecule has 0 bridgehead atoms. The van der Waals surface area contributed by atoms with Crippen LogP contribution in [0.5, 0.6) is 0 Å². The lowest BCUT2D eigenvalue weighted by atomic mass is 9.89. The maximum atomic E-state index is 3.42. The summed E-state index contributed by atoms with van der Waals surface area (Å²) in [6.45, 7) is 3.20. The molecule has 70 valence electrons. The second-order valence-electron chi connectivity index (χ2n) is 3.69. The highest BCUT2D eigenvalue weighted by molar-refractivity contribution is 5.40. The Bertz CT molecular complexity index is 281. The molecule has 2 rings (SSSR count). The molecule has 0 amide bonds. The first-order valence-electron chi connectivity index (χ1n) is 5.23. The van der Waals surface area contributed by atoms with E-state index in [0.29, 0.717) is 0 Å². The summed E-state index contributed by atoms with van der Waals surface area (Å²) in [4.78, 5) is 0. The Morgan fingerprint density at radius 2 is 2.15 bits per heavy atom. The van der Waals surface area contributed by atoms with E-state index in [1.54, 1.807) is 11.1 Å². The summed E-state index contributed by atoms with van der Waals surface area (Å²) in [6, 6.07) is 0. The summed E-state index contributed by atoms with van der Waals surface area (Å²) in [6.07, 6.45) is 11.8. The standard InChI is InChI=1S/C12H17N/c1-2-13-12-8-7-10-5-3-4-6-11(10)9-12/h3,5,9,13H,2,4,6-8H2,1H3. The molecule has 0 fully saturated rings. The molecule has 0 aromatic heterocycles. The summed E-state index contributed by atoms with van der Waals surface area (Å²) < 4.78 is 0. The highest BCUT2D eigenvalue weighted by Crippen LogP contribution is 2.29. The average molecular weight is 175 g/mol. The highest BCUT2D eigenvalue weighted by Gasteiger charge is 2.12. The SMILES string of the molecule is CCNC1=CC2=C(C=CCC2)CC1. The van der Waals surface area contributed by atoms with Crippen LogP contribution in [-0.4, -0.2) is 6.54 Å². The molecular weight excluding hydrogens is 158 g/mol. The molecule has 0 aromatic rings. The number of allylic oxidation sites excluding steroid dienone is 6. The van der Waals surface area contributed by atoms with E-state index in [2.05, 4.69) is 30.5 Å². The molecule has 1 N–H and O–H groups in total. The first kappa shape index (κ1) is 8.61. The molecule has 13 heavy (non-hydrogen) atoms. The molecule has 1 heteroatoms. The molecule has 0 saturated carbocycles. The van der Waals surface area contributed by atoms with Crippen molar-refractivity contribution in [3.8, 4) is 0 Å². The van der Waals surface area contributed by atoms with Crippen LogP contribution in [0, 0.1) is 0 Å². The van der Waals surface area contributed by atoms with Crippen molar-refractivity contribution in [3.63, 3.8) is 0 Å². The van der Waals surface area contributed by atoms with E-state index in [1.165, 1.54) is 31.4 Å². The lowest BCUT2D eigenvalue weighted by Crippen LogP contribution is -2.15. The molecule has 0 atom stereocenters. The first-order valence-corrected chi connectivity index (χ1v) is 5.23. The monoisotopic (exact) mass is 175 g/mol. The van der Waals surface area contributed by atoms with Gasteiger partial charge in [-0.3, -0.25) is 0 Å². The molecule has 2 aliphatic rings. The molecule has 1 nitrogen and oxygen atoms in total. The van der Waals surface area contributed by atoms with E-state index < -0.39 is 0 Å². The van der Waals surface area contributed by atoms with Crippen molar-refractivity contribution in [1.82, 2.24) is 5.32 Å². The zero-order chi connectivity index (χ0) is 9.10. The smallest absolute Gasteiger partial charge is 0.0115 e. The van der Waals surface area contributed by atoms with Gasteiger partial charge in [0.25, 0.3) is 0 Å². The first-order chi connectivity index (χ1) is 6.40. The topological polar surface area (TPSA) is 12.0 Å².